The second-order valence-corrected chi connectivity index (χ2v) is 8.71. The zero-order chi connectivity index (χ0) is 24.4. The van der Waals surface area contributed by atoms with Crippen molar-refractivity contribution in [3.05, 3.63) is 107 Å². The Balaban J connectivity index is 1.44. The third kappa shape index (κ3) is 4.63. The molecule has 0 saturated heterocycles. The van der Waals surface area contributed by atoms with Crippen LogP contribution in [0.3, 0.4) is 0 Å². The second-order valence-electron chi connectivity index (χ2n) is 8.28. The van der Waals surface area contributed by atoms with Crippen LogP contribution in [0.1, 0.15) is 24.1 Å². The zero-order valence-corrected chi connectivity index (χ0v) is 20.1. The number of phenols is 1. The van der Waals surface area contributed by atoms with Gasteiger partial charge in [0.2, 0.25) is 0 Å². The Bertz CT molecular complexity index is 1400. The summed E-state index contributed by atoms with van der Waals surface area (Å²) in [6.45, 7) is 2.86. The van der Waals surface area contributed by atoms with Crippen LogP contribution in [0.5, 0.6) is 5.75 Å². The van der Waals surface area contributed by atoms with Crippen LogP contribution in [0.4, 0.5) is 0 Å². The maximum Gasteiger partial charge on any atom is 0.143 e. The molecule has 176 valence electrons. The molecule has 0 aliphatic carbocycles. The molecule has 0 radical (unpaired) electrons. The van der Waals surface area contributed by atoms with Crippen LogP contribution in [-0.4, -0.2) is 43.9 Å². The lowest BCUT2D eigenvalue weighted by Crippen LogP contribution is -2.25. The molecule has 1 unspecified atom stereocenters. The highest BCUT2D eigenvalue weighted by molar-refractivity contribution is 6.30. The number of phenolic OH excluding ortho intramolecular Hbond substituents is 1. The topological polar surface area (TPSA) is 76.3 Å². The number of nitrogens with zero attached hydrogens (tertiary/aromatic N) is 5. The molecule has 8 heteroatoms. The number of allylic oxidation sites excluding steroid dienone is 1. The maximum atomic E-state index is 9.61. The van der Waals surface area contributed by atoms with E-state index >= 15 is 0 Å². The molecule has 2 heterocycles. The van der Waals surface area contributed by atoms with Gasteiger partial charge < -0.3 is 14.7 Å². The van der Waals surface area contributed by atoms with E-state index in [9.17, 15) is 5.11 Å². The molecule has 0 amide bonds. The van der Waals surface area contributed by atoms with Crippen LogP contribution >= 0.6 is 11.6 Å². The molecule has 1 N–H and O–H groups in total. The number of hydrogen-bond acceptors (Lipinski definition) is 6. The molecule has 3 aromatic carbocycles. The standard InChI is InChI=1S/C27H24ClN5O2/c1-18(20-4-3-5-21(14-20)19-6-9-23(34)10-7-19)32-13-12-24(27(16-32)35-2)25-15-22(28)8-11-26(25)33-17-29-30-31-33/h3-12,14-18,34H,13H2,1-2H3. The number of ether oxygens (including phenoxy) is 1. The molecule has 0 saturated carbocycles. The first kappa shape index (κ1) is 22.7. The SMILES string of the molecule is COC1=CN(C(C)c2cccc(-c3ccc(O)cc3)c2)CC=C1c1cc(Cl)ccc1-n1cnnn1. The fourth-order valence-electron chi connectivity index (χ4n) is 4.26. The van der Waals surface area contributed by atoms with E-state index in [-0.39, 0.29) is 11.8 Å². The van der Waals surface area contributed by atoms with Crippen LogP contribution in [0.15, 0.2) is 91.1 Å². The highest BCUT2D eigenvalue weighted by Crippen LogP contribution is 2.36. The van der Waals surface area contributed by atoms with Crippen molar-refractivity contribution >= 4 is 17.2 Å². The summed E-state index contributed by atoms with van der Waals surface area (Å²) in [7, 11) is 1.67. The van der Waals surface area contributed by atoms with Gasteiger partial charge in [0.05, 0.1) is 18.8 Å². The lowest BCUT2D eigenvalue weighted by atomic mass is 9.97. The Labute approximate surface area is 208 Å². The van der Waals surface area contributed by atoms with Gasteiger partial charge in [-0.15, -0.1) is 5.10 Å². The van der Waals surface area contributed by atoms with Crippen molar-refractivity contribution in [1.82, 2.24) is 25.1 Å². The molecule has 0 fully saturated rings. The fourth-order valence-corrected chi connectivity index (χ4v) is 4.44. The highest BCUT2D eigenvalue weighted by atomic mass is 35.5. The molecule has 1 aliphatic rings. The van der Waals surface area contributed by atoms with E-state index in [1.54, 1.807) is 30.3 Å². The lowest BCUT2D eigenvalue weighted by molar-refractivity contribution is 0.265. The molecule has 1 aliphatic heterocycles. The van der Waals surface area contributed by atoms with Crippen LogP contribution < -0.4 is 0 Å². The minimum Gasteiger partial charge on any atom is -0.508 e. The Kier molecular flexibility index (Phi) is 6.25. The van der Waals surface area contributed by atoms with Gasteiger partial charge in [0.1, 0.15) is 17.8 Å². The van der Waals surface area contributed by atoms with Crippen LogP contribution in [-0.2, 0) is 4.74 Å². The number of halogens is 1. The van der Waals surface area contributed by atoms with Gasteiger partial charge in [0, 0.05) is 28.9 Å². The average molecular weight is 486 g/mol. The van der Waals surface area contributed by atoms with Crippen molar-refractivity contribution in [2.45, 2.75) is 13.0 Å². The summed E-state index contributed by atoms with van der Waals surface area (Å²) < 4.78 is 7.43. The summed E-state index contributed by atoms with van der Waals surface area (Å²) in [5.74, 6) is 0.990. The van der Waals surface area contributed by atoms with Crippen molar-refractivity contribution in [2.24, 2.45) is 0 Å². The number of tetrazole rings is 1. The summed E-state index contributed by atoms with van der Waals surface area (Å²) in [4.78, 5) is 2.24. The molecule has 7 nitrogen and oxygen atoms in total. The number of rotatable bonds is 6. The summed E-state index contributed by atoms with van der Waals surface area (Å²) in [5.41, 5.74) is 5.97. The smallest absolute Gasteiger partial charge is 0.143 e. The first-order valence-corrected chi connectivity index (χ1v) is 11.6. The van der Waals surface area contributed by atoms with Gasteiger partial charge in [0.15, 0.2) is 0 Å². The number of methoxy groups -OCH3 is 1. The van der Waals surface area contributed by atoms with Crippen molar-refractivity contribution in [3.8, 4) is 22.6 Å². The maximum absolute atomic E-state index is 9.61. The predicted molar refractivity (Wildman–Crippen MR) is 136 cm³/mol. The Morgan fingerprint density at radius 3 is 2.60 bits per heavy atom. The minimum absolute atomic E-state index is 0.105. The molecule has 1 aromatic heterocycles. The van der Waals surface area contributed by atoms with Crippen LogP contribution in [0.2, 0.25) is 5.02 Å². The van der Waals surface area contributed by atoms with E-state index < -0.39 is 0 Å². The summed E-state index contributed by atoms with van der Waals surface area (Å²) >= 11 is 6.35. The summed E-state index contributed by atoms with van der Waals surface area (Å²) in [6.07, 6.45) is 5.73. The number of hydrogen-bond donors (Lipinski definition) is 1. The van der Waals surface area contributed by atoms with E-state index in [0.29, 0.717) is 11.6 Å². The Hall–Kier alpha value is -4.10. The van der Waals surface area contributed by atoms with Gasteiger partial charge in [-0.25, -0.2) is 0 Å². The molecular formula is C27H24ClN5O2. The largest absolute Gasteiger partial charge is 0.508 e. The van der Waals surface area contributed by atoms with Crippen molar-refractivity contribution < 1.29 is 9.84 Å². The third-order valence-corrected chi connectivity index (χ3v) is 6.42. The van der Waals surface area contributed by atoms with E-state index in [0.717, 1.165) is 33.7 Å². The van der Waals surface area contributed by atoms with Gasteiger partial charge in [0.25, 0.3) is 0 Å². The molecule has 1 atom stereocenters. The van der Waals surface area contributed by atoms with Crippen molar-refractivity contribution in [3.63, 3.8) is 0 Å². The van der Waals surface area contributed by atoms with Gasteiger partial charge in [-0.05, 0) is 70.4 Å². The fraction of sp³-hybridized carbons (Fsp3) is 0.148. The number of aromatic nitrogens is 4. The molecule has 0 bridgehead atoms. The predicted octanol–water partition coefficient (Wildman–Crippen LogP) is 5.64. The first-order chi connectivity index (χ1) is 17.0. The number of benzene rings is 3. The molecule has 35 heavy (non-hydrogen) atoms. The van der Waals surface area contributed by atoms with Gasteiger partial charge in [-0.1, -0.05) is 48.0 Å². The minimum atomic E-state index is 0.105. The quantitative estimate of drug-likeness (QED) is 0.381. The lowest BCUT2D eigenvalue weighted by Gasteiger charge is -2.32. The summed E-state index contributed by atoms with van der Waals surface area (Å²) in [5, 5.41) is 21.8. The molecule has 0 spiro atoms. The average Bonchev–Trinajstić information content (AvgIpc) is 3.43. The Morgan fingerprint density at radius 2 is 1.86 bits per heavy atom. The van der Waals surface area contributed by atoms with Gasteiger partial charge >= 0.3 is 0 Å². The molecular weight excluding hydrogens is 462 g/mol. The Morgan fingerprint density at radius 1 is 1.03 bits per heavy atom. The van der Waals surface area contributed by atoms with E-state index in [1.165, 1.54) is 5.56 Å². The zero-order valence-electron chi connectivity index (χ0n) is 19.3. The monoisotopic (exact) mass is 485 g/mol. The third-order valence-electron chi connectivity index (χ3n) is 6.19. The van der Waals surface area contributed by atoms with E-state index in [1.807, 2.05) is 36.5 Å². The molecule has 4 aromatic rings. The van der Waals surface area contributed by atoms with Crippen LogP contribution in [0.25, 0.3) is 22.4 Å². The molecule has 5 rings (SSSR count). The van der Waals surface area contributed by atoms with Crippen molar-refractivity contribution in [1.29, 1.82) is 0 Å². The highest BCUT2D eigenvalue weighted by Gasteiger charge is 2.23. The first-order valence-electron chi connectivity index (χ1n) is 11.2. The van der Waals surface area contributed by atoms with Crippen LogP contribution in [0, 0.1) is 0 Å². The van der Waals surface area contributed by atoms with E-state index in [4.69, 9.17) is 16.3 Å². The van der Waals surface area contributed by atoms with Crippen molar-refractivity contribution in [2.75, 3.05) is 13.7 Å². The second kappa shape index (κ2) is 9.64. The van der Waals surface area contributed by atoms with Gasteiger partial charge in [-0.3, -0.25) is 0 Å². The summed E-state index contributed by atoms with van der Waals surface area (Å²) in [6, 6.07) is 21.4. The van der Waals surface area contributed by atoms with E-state index in [2.05, 4.69) is 57.7 Å². The van der Waals surface area contributed by atoms with Gasteiger partial charge in [-0.2, -0.15) is 4.68 Å². The number of aromatic hydroxyl groups is 1. The normalized spacial score (nSPS) is 14.3.